The van der Waals surface area contributed by atoms with Crippen LogP contribution in [0.1, 0.15) is 17.3 Å². The first-order valence-electron chi connectivity index (χ1n) is 5.61. The van der Waals surface area contributed by atoms with E-state index in [4.69, 9.17) is 0 Å². The molecule has 2 aromatic rings. The van der Waals surface area contributed by atoms with Crippen LogP contribution in [0.25, 0.3) is 11.3 Å². The van der Waals surface area contributed by atoms with Gasteiger partial charge in [0.15, 0.2) is 6.29 Å². The van der Waals surface area contributed by atoms with Gasteiger partial charge in [0.1, 0.15) is 11.3 Å². The molecular weight excluding hydrogens is 248 g/mol. The fourth-order valence-electron chi connectivity index (χ4n) is 1.73. The van der Waals surface area contributed by atoms with Crippen molar-refractivity contribution in [3.63, 3.8) is 0 Å². The molecule has 0 saturated heterocycles. The first kappa shape index (κ1) is 12.7. The average molecular weight is 262 g/mol. The number of hydrogen-bond donors (Lipinski definition) is 1. The molecule has 94 valence electrons. The fraction of sp³-hybridized carbons (Fsp3) is 0.231. The Balaban J connectivity index is 2.42. The molecule has 1 aromatic carbocycles. The Kier molecular flexibility index (Phi) is 3.72. The Morgan fingerprint density at radius 3 is 2.61 bits per heavy atom. The molecule has 0 unspecified atom stereocenters. The second-order valence-corrected chi connectivity index (χ2v) is 5.12. The van der Waals surface area contributed by atoms with Gasteiger partial charge in [-0.2, -0.15) is 5.10 Å². The third-order valence-corrected chi connectivity index (χ3v) is 3.50. The Morgan fingerprint density at radius 2 is 2.06 bits per heavy atom. The van der Waals surface area contributed by atoms with Gasteiger partial charge in [-0.3, -0.25) is 4.79 Å². The summed E-state index contributed by atoms with van der Waals surface area (Å²) in [6.07, 6.45) is 0.631. The Bertz CT molecular complexity index is 561. The van der Waals surface area contributed by atoms with Crippen molar-refractivity contribution in [2.75, 3.05) is 5.75 Å². The van der Waals surface area contributed by atoms with Crippen molar-refractivity contribution in [1.29, 1.82) is 0 Å². The van der Waals surface area contributed by atoms with Gasteiger partial charge in [0.25, 0.3) is 0 Å². The lowest BCUT2D eigenvalue weighted by Gasteiger charge is -2.01. The summed E-state index contributed by atoms with van der Waals surface area (Å²) in [6.45, 7) is 2.10. The zero-order valence-corrected chi connectivity index (χ0v) is 11.1. The maximum atomic E-state index is 11.0. The van der Waals surface area contributed by atoms with E-state index in [1.165, 1.54) is 9.58 Å². The molecule has 0 saturated carbocycles. The Labute approximate surface area is 110 Å². The minimum absolute atomic E-state index is 0.105. The van der Waals surface area contributed by atoms with E-state index in [1.54, 1.807) is 18.8 Å². The zero-order chi connectivity index (χ0) is 13.1. The highest BCUT2D eigenvalue weighted by Crippen LogP contribution is 2.29. The monoisotopic (exact) mass is 262 g/mol. The fourth-order valence-corrected chi connectivity index (χ4v) is 2.39. The number of aryl methyl sites for hydroxylation is 1. The van der Waals surface area contributed by atoms with Crippen LogP contribution in [0.4, 0.5) is 0 Å². The van der Waals surface area contributed by atoms with E-state index in [-0.39, 0.29) is 11.4 Å². The molecule has 18 heavy (non-hydrogen) atoms. The van der Waals surface area contributed by atoms with Crippen molar-refractivity contribution in [2.24, 2.45) is 7.05 Å². The predicted octanol–water partition coefficient (Wildman–Crippen LogP) is 2.72. The van der Waals surface area contributed by atoms with E-state index in [9.17, 15) is 9.90 Å². The van der Waals surface area contributed by atoms with Crippen LogP contribution in [0.15, 0.2) is 29.2 Å². The van der Waals surface area contributed by atoms with Crippen molar-refractivity contribution < 1.29 is 9.90 Å². The summed E-state index contributed by atoms with van der Waals surface area (Å²) < 4.78 is 1.30. The molecular formula is C13H14N2O2S. The van der Waals surface area contributed by atoms with Gasteiger partial charge in [-0.25, -0.2) is 4.68 Å². The van der Waals surface area contributed by atoms with Gasteiger partial charge in [-0.05, 0) is 17.9 Å². The molecule has 0 fully saturated rings. The average Bonchev–Trinajstić information content (AvgIpc) is 2.67. The first-order valence-corrected chi connectivity index (χ1v) is 6.60. The zero-order valence-electron chi connectivity index (χ0n) is 10.3. The van der Waals surface area contributed by atoms with Gasteiger partial charge in [0.2, 0.25) is 5.88 Å². The summed E-state index contributed by atoms with van der Waals surface area (Å²) in [7, 11) is 1.60. The van der Waals surface area contributed by atoms with E-state index in [2.05, 4.69) is 12.0 Å². The van der Waals surface area contributed by atoms with Crippen LogP contribution in [0.5, 0.6) is 5.88 Å². The molecule has 2 rings (SSSR count). The SMILES string of the molecule is CCSc1ccc(-c2nn(C)c(O)c2C=O)cc1. The molecule has 0 atom stereocenters. The highest BCUT2D eigenvalue weighted by molar-refractivity contribution is 7.99. The number of aldehydes is 1. The highest BCUT2D eigenvalue weighted by Gasteiger charge is 2.16. The van der Waals surface area contributed by atoms with E-state index < -0.39 is 0 Å². The number of thioether (sulfide) groups is 1. The lowest BCUT2D eigenvalue weighted by atomic mass is 10.1. The van der Waals surface area contributed by atoms with Crippen LogP contribution in [-0.4, -0.2) is 26.9 Å². The molecule has 0 radical (unpaired) electrons. The van der Waals surface area contributed by atoms with Crippen molar-refractivity contribution in [3.05, 3.63) is 29.8 Å². The first-order chi connectivity index (χ1) is 8.67. The van der Waals surface area contributed by atoms with E-state index in [0.29, 0.717) is 12.0 Å². The second kappa shape index (κ2) is 5.27. The number of rotatable bonds is 4. The van der Waals surface area contributed by atoms with Gasteiger partial charge < -0.3 is 5.11 Å². The van der Waals surface area contributed by atoms with Crippen molar-refractivity contribution in [2.45, 2.75) is 11.8 Å². The van der Waals surface area contributed by atoms with Gasteiger partial charge >= 0.3 is 0 Å². The topological polar surface area (TPSA) is 55.1 Å². The molecule has 0 bridgehead atoms. The van der Waals surface area contributed by atoms with Crippen molar-refractivity contribution in [3.8, 4) is 17.1 Å². The third kappa shape index (κ3) is 2.26. The Hall–Kier alpha value is -1.75. The largest absolute Gasteiger partial charge is 0.493 e. The van der Waals surface area contributed by atoms with Crippen LogP contribution in [0, 0.1) is 0 Å². The molecule has 0 aliphatic heterocycles. The number of benzene rings is 1. The van der Waals surface area contributed by atoms with E-state index in [0.717, 1.165) is 11.3 Å². The van der Waals surface area contributed by atoms with E-state index in [1.807, 2.05) is 24.3 Å². The Morgan fingerprint density at radius 1 is 1.39 bits per heavy atom. The number of hydrogen-bond acceptors (Lipinski definition) is 4. The summed E-state index contributed by atoms with van der Waals surface area (Å²) in [4.78, 5) is 12.2. The molecule has 0 amide bonds. The van der Waals surface area contributed by atoms with Gasteiger partial charge in [-0.15, -0.1) is 11.8 Å². The number of carbonyl (C=O) groups is 1. The smallest absolute Gasteiger partial charge is 0.220 e. The summed E-state index contributed by atoms with van der Waals surface area (Å²) in [6, 6.07) is 7.80. The van der Waals surface area contributed by atoms with Crippen molar-refractivity contribution >= 4 is 18.0 Å². The number of carbonyl (C=O) groups excluding carboxylic acids is 1. The quantitative estimate of drug-likeness (QED) is 0.680. The molecule has 0 aliphatic rings. The molecule has 1 heterocycles. The molecule has 5 heteroatoms. The maximum Gasteiger partial charge on any atom is 0.220 e. The van der Waals surface area contributed by atoms with Crippen LogP contribution in [0.2, 0.25) is 0 Å². The third-order valence-electron chi connectivity index (χ3n) is 2.61. The minimum Gasteiger partial charge on any atom is -0.493 e. The highest BCUT2D eigenvalue weighted by atomic mass is 32.2. The molecule has 0 aliphatic carbocycles. The molecule has 0 spiro atoms. The second-order valence-electron chi connectivity index (χ2n) is 3.78. The summed E-state index contributed by atoms with van der Waals surface area (Å²) in [5.41, 5.74) is 1.57. The standard InChI is InChI=1S/C13H14N2O2S/c1-3-18-10-6-4-9(5-7-10)12-11(8-16)13(17)15(2)14-12/h4-8,17H,3H2,1-2H3. The van der Waals surface area contributed by atoms with E-state index >= 15 is 0 Å². The predicted molar refractivity (Wildman–Crippen MR) is 72.1 cm³/mol. The lowest BCUT2D eigenvalue weighted by molar-refractivity contribution is 0.112. The number of aromatic nitrogens is 2. The van der Waals surface area contributed by atoms with Crippen LogP contribution in [0.3, 0.4) is 0 Å². The summed E-state index contributed by atoms with van der Waals surface area (Å²) >= 11 is 1.75. The number of aromatic hydroxyl groups is 1. The minimum atomic E-state index is -0.105. The molecule has 4 nitrogen and oxygen atoms in total. The van der Waals surface area contributed by atoms with Crippen LogP contribution >= 0.6 is 11.8 Å². The normalized spacial score (nSPS) is 10.6. The van der Waals surface area contributed by atoms with Gasteiger partial charge in [-0.1, -0.05) is 19.1 Å². The van der Waals surface area contributed by atoms with Gasteiger partial charge in [0.05, 0.1) is 0 Å². The molecule has 1 aromatic heterocycles. The van der Waals surface area contributed by atoms with Gasteiger partial charge in [0, 0.05) is 17.5 Å². The summed E-state index contributed by atoms with van der Waals surface area (Å²) in [5.74, 6) is 0.913. The number of nitrogens with zero attached hydrogens (tertiary/aromatic N) is 2. The van der Waals surface area contributed by atoms with Crippen LogP contribution < -0.4 is 0 Å². The lowest BCUT2D eigenvalue weighted by Crippen LogP contribution is -1.89. The van der Waals surface area contributed by atoms with Crippen LogP contribution in [-0.2, 0) is 7.05 Å². The van der Waals surface area contributed by atoms with Crippen molar-refractivity contribution in [1.82, 2.24) is 9.78 Å². The maximum absolute atomic E-state index is 11.0. The summed E-state index contributed by atoms with van der Waals surface area (Å²) in [5, 5.41) is 13.8. The molecule has 1 N–H and O–H groups in total.